The number of anilines is 1. The molecule has 2 nitrogen and oxygen atoms in total. The monoisotopic (exact) mass is 240 g/mol. The largest absolute Gasteiger partial charge is 0.379 e. The molecule has 0 aliphatic heterocycles. The Bertz CT molecular complexity index is 536. The SMILES string of the molecule is Cc1cc(C)c(NCc2cccc(C)n2)c(C)c1. The lowest BCUT2D eigenvalue weighted by molar-refractivity contribution is 1.01. The van der Waals surface area contributed by atoms with Crippen LogP contribution in [0.3, 0.4) is 0 Å². The molecule has 1 N–H and O–H groups in total. The standard InChI is InChI=1S/C16H20N2/c1-11-8-12(2)16(13(3)9-11)17-10-15-7-5-6-14(4)18-15/h5-9,17H,10H2,1-4H3. The number of hydrogen-bond acceptors (Lipinski definition) is 2. The van der Waals surface area contributed by atoms with Crippen LogP contribution in [0.1, 0.15) is 28.1 Å². The Morgan fingerprint density at radius 2 is 1.67 bits per heavy atom. The van der Waals surface area contributed by atoms with Crippen molar-refractivity contribution in [1.82, 2.24) is 4.98 Å². The van der Waals surface area contributed by atoms with E-state index in [-0.39, 0.29) is 0 Å². The molecule has 2 aromatic rings. The number of hydrogen-bond donors (Lipinski definition) is 1. The van der Waals surface area contributed by atoms with Gasteiger partial charge in [-0.05, 0) is 51.0 Å². The van der Waals surface area contributed by atoms with E-state index in [4.69, 9.17) is 0 Å². The zero-order valence-corrected chi connectivity index (χ0v) is 11.5. The Hall–Kier alpha value is -1.83. The van der Waals surface area contributed by atoms with Crippen molar-refractivity contribution in [1.29, 1.82) is 0 Å². The zero-order valence-electron chi connectivity index (χ0n) is 11.5. The van der Waals surface area contributed by atoms with Crippen LogP contribution in [0.5, 0.6) is 0 Å². The van der Waals surface area contributed by atoms with E-state index in [9.17, 15) is 0 Å². The third-order valence-corrected chi connectivity index (χ3v) is 3.07. The average Bonchev–Trinajstić information content (AvgIpc) is 2.27. The van der Waals surface area contributed by atoms with Crippen LogP contribution in [-0.4, -0.2) is 4.98 Å². The molecule has 0 saturated carbocycles. The second-order valence-electron chi connectivity index (χ2n) is 4.90. The summed E-state index contributed by atoms with van der Waals surface area (Å²) in [6, 6.07) is 10.5. The minimum absolute atomic E-state index is 0.770. The van der Waals surface area contributed by atoms with Gasteiger partial charge in [0.25, 0.3) is 0 Å². The van der Waals surface area contributed by atoms with Gasteiger partial charge in [-0.25, -0.2) is 0 Å². The van der Waals surface area contributed by atoms with Crippen molar-refractivity contribution in [3.63, 3.8) is 0 Å². The first-order valence-corrected chi connectivity index (χ1v) is 6.30. The maximum absolute atomic E-state index is 4.50. The molecule has 0 atom stereocenters. The predicted octanol–water partition coefficient (Wildman–Crippen LogP) is 3.93. The van der Waals surface area contributed by atoms with Crippen molar-refractivity contribution in [2.75, 3.05) is 5.32 Å². The Balaban J connectivity index is 2.16. The Morgan fingerprint density at radius 1 is 1.00 bits per heavy atom. The fraction of sp³-hybridized carbons (Fsp3) is 0.312. The van der Waals surface area contributed by atoms with Crippen molar-refractivity contribution in [3.05, 3.63) is 58.4 Å². The number of aryl methyl sites for hydroxylation is 4. The third kappa shape index (κ3) is 2.89. The van der Waals surface area contributed by atoms with Gasteiger partial charge in [0.05, 0.1) is 12.2 Å². The van der Waals surface area contributed by atoms with Gasteiger partial charge in [-0.2, -0.15) is 0 Å². The molecule has 0 amide bonds. The molecule has 0 aliphatic rings. The lowest BCUT2D eigenvalue weighted by atomic mass is 10.1. The minimum atomic E-state index is 0.770. The van der Waals surface area contributed by atoms with Crippen LogP contribution in [0.15, 0.2) is 30.3 Å². The fourth-order valence-electron chi connectivity index (χ4n) is 2.34. The van der Waals surface area contributed by atoms with Gasteiger partial charge in [-0.1, -0.05) is 23.8 Å². The van der Waals surface area contributed by atoms with Gasteiger partial charge in [0, 0.05) is 11.4 Å². The highest BCUT2D eigenvalue weighted by Crippen LogP contribution is 2.22. The number of nitrogens with zero attached hydrogens (tertiary/aromatic N) is 1. The first-order valence-electron chi connectivity index (χ1n) is 6.30. The molecule has 0 unspecified atom stereocenters. The first kappa shape index (κ1) is 12.6. The summed E-state index contributed by atoms with van der Waals surface area (Å²) in [4.78, 5) is 4.50. The molecule has 1 heterocycles. The van der Waals surface area contributed by atoms with Crippen molar-refractivity contribution < 1.29 is 0 Å². The molecule has 0 aliphatic carbocycles. The summed E-state index contributed by atoms with van der Waals surface area (Å²) in [6.45, 7) is 9.21. The molecule has 0 spiro atoms. The van der Waals surface area contributed by atoms with Gasteiger partial charge >= 0.3 is 0 Å². The Labute approximate surface area is 109 Å². The van der Waals surface area contributed by atoms with Crippen molar-refractivity contribution in [2.24, 2.45) is 0 Å². The normalized spacial score (nSPS) is 10.4. The van der Waals surface area contributed by atoms with Crippen molar-refractivity contribution in [3.8, 4) is 0 Å². The molecule has 1 aromatic carbocycles. The molecule has 2 heteroatoms. The molecule has 0 radical (unpaired) electrons. The Kier molecular flexibility index (Phi) is 3.66. The number of rotatable bonds is 3. The third-order valence-electron chi connectivity index (χ3n) is 3.07. The molecular weight excluding hydrogens is 220 g/mol. The summed E-state index contributed by atoms with van der Waals surface area (Å²) in [7, 11) is 0. The predicted molar refractivity (Wildman–Crippen MR) is 77.0 cm³/mol. The van der Waals surface area contributed by atoms with E-state index in [2.05, 4.69) is 49.3 Å². The minimum Gasteiger partial charge on any atom is -0.379 e. The van der Waals surface area contributed by atoms with Gasteiger partial charge in [0.2, 0.25) is 0 Å². The van der Waals surface area contributed by atoms with Gasteiger partial charge in [-0.3, -0.25) is 4.98 Å². The number of aromatic nitrogens is 1. The lowest BCUT2D eigenvalue weighted by Crippen LogP contribution is -2.05. The van der Waals surface area contributed by atoms with E-state index in [1.165, 1.54) is 22.4 Å². The molecule has 18 heavy (non-hydrogen) atoms. The van der Waals surface area contributed by atoms with Gasteiger partial charge < -0.3 is 5.32 Å². The summed E-state index contributed by atoms with van der Waals surface area (Å²) >= 11 is 0. The smallest absolute Gasteiger partial charge is 0.0597 e. The van der Waals surface area contributed by atoms with Crippen LogP contribution in [0, 0.1) is 27.7 Å². The van der Waals surface area contributed by atoms with E-state index in [1.807, 2.05) is 19.1 Å². The highest BCUT2D eigenvalue weighted by Gasteiger charge is 2.03. The number of pyridine rings is 1. The summed E-state index contributed by atoms with van der Waals surface area (Å²) < 4.78 is 0. The maximum Gasteiger partial charge on any atom is 0.0597 e. The average molecular weight is 240 g/mol. The van der Waals surface area contributed by atoms with Crippen LogP contribution >= 0.6 is 0 Å². The van der Waals surface area contributed by atoms with Gasteiger partial charge in [-0.15, -0.1) is 0 Å². The second kappa shape index (κ2) is 5.21. The zero-order chi connectivity index (χ0) is 13.1. The fourth-order valence-corrected chi connectivity index (χ4v) is 2.34. The van der Waals surface area contributed by atoms with Crippen LogP contribution in [0.2, 0.25) is 0 Å². The summed E-state index contributed by atoms with van der Waals surface area (Å²) in [6.07, 6.45) is 0. The van der Waals surface area contributed by atoms with Gasteiger partial charge in [0.1, 0.15) is 0 Å². The summed E-state index contributed by atoms with van der Waals surface area (Å²) in [5.74, 6) is 0. The van der Waals surface area contributed by atoms with E-state index < -0.39 is 0 Å². The van der Waals surface area contributed by atoms with Gasteiger partial charge in [0.15, 0.2) is 0 Å². The van der Waals surface area contributed by atoms with Crippen LogP contribution in [0.25, 0.3) is 0 Å². The van der Waals surface area contributed by atoms with Crippen LogP contribution in [-0.2, 0) is 6.54 Å². The number of benzene rings is 1. The molecule has 0 fully saturated rings. The molecule has 2 rings (SSSR count). The summed E-state index contributed by atoms with van der Waals surface area (Å²) in [5, 5.41) is 3.49. The topological polar surface area (TPSA) is 24.9 Å². The maximum atomic E-state index is 4.50. The Morgan fingerprint density at radius 3 is 2.28 bits per heavy atom. The van der Waals surface area contributed by atoms with Crippen LogP contribution in [0.4, 0.5) is 5.69 Å². The van der Waals surface area contributed by atoms with Crippen molar-refractivity contribution >= 4 is 5.69 Å². The first-order chi connectivity index (χ1) is 8.56. The van der Waals surface area contributed by atoms with E-state index >= 15 is 0 Å². The molecule has 94 valence electrons. The van der Waals surface area contributed by atoms with E-state index in [1.54, 1.807) is 0 Å². The second-order valence-corrected chi connectivity index (χ2v) is 4.90. The summed E-state index contributed by atoms with van der Waals surface area (Å²) in [5.41, 5.74) is 7.26. The number of nitrogens with one attached hydrogen (secondary N) is 1. The van der Waals surface area contributed by atoms with E-state index in [0.29, 0.717) is 0 Å². The molecular formula is C16H20N2. The van der Waals surface area contributed by atoms with Crippen molar-refractivity contribution in [2.45, 2.75) is 34.2 Å². The van der Waals surface area contributed by atoms with E-state index in [0.717, 1.165) is 17.9 Å². The quantitative estimate of drug-likeness (QED) is 0.879. The highest BCUT2D eigenvalue weighted by molar-refractivity contribution is 5.58. The lowest BCUT2D eigenvalue weighted by Gasteiger charge is -2.13. The molecule has 0 saturated heterocycles. The molecule has 1 aromatic heterocycles. The highest BCUT2D eigenvalue weighted by atomic mass is 14.9. The van der Waals surface area contributed by atoms with Crippen LogP contribution < -0.4 is 5.32 Å². The molecule has 0 bridgehead atoms.